The molecule has 1 heteroatoms. The van der Waals surface area contributed by atoms with Crippen LogP contribution in [0.15, 0.2) is 18.4 Å². The first-order chi connectivity index (χ1) is 4.41. The minimum atomic E-state index is 0.317. The lowest BCUT2D eigenvalue weighted by Gasteiger charge is -1.91. The Morgan fingerprint density at radius 1 is 1.33 bits per heavy atom. The van der Waals surface area contributed by atoms with Crippen LogP contribution in [0.25, 0.3) is 0 Å². The van der Waals surface area contributed by atoms with Crippen LogP contribution in [-0.4, -0.2) is 11.7 Å². The van der Waals surface area contributed by atoms with Crippen LogP contribution < -0.4 is 0 Å². The van der Waals surface area contributed by atoms with Crippen LogP contribution in [0.3, 0.4) is 0 Å². The van der Waals surface area contributed by atoms with Crippen LogP contribution in [0, 0.1) is 0 Å². The predicted molar refractivity (Wildman–Crippen MR) is 39.3 cm³/mol. The van der Waals surface area contributed by atoms with Gasteiger partial charge in [-0.1, -0.05) is 13.0 Å². The summed E-state index contributed by atoms with van der Waals surface area (Å²) in [7, 11) is 0. The van der Waals surface area contributed by atoms with Gasteiger partial charge in [0.05, 0.1) is 0 Å². The van der Waals surface area contributed by atoms with E-state index in [1.807, 2.05) is 6.08 Å². The Morgan fingerprint density at radius 3 is 2.67 bits per heavy atom. The molecule has 0 fully saturated rings. The second-order valence-electron chi connectivity index (χ2n) is 1.98. The molecular weight excluding hydrogens is 112 g/mol. The summed E-state index contributed by atoms with van der Waals surface area (Å²) in [5, 5.41) is 8.38. The zero-order chi connectivity index (χ0) is 6.95. The van der Waals surface area contributed by atoms with Gasteiger partial charge in [-0.05, 0) is 25.3 Å². The lowest BCUT2D eigenvalue weighted by Crippen LogP contribution is -1.81. The average Bonchev–Trinajstić information content (AvgIpc) is 1.89. The van der Waals surface area contributed by atoms with Gasteiger partial charge in [-0.25, -0.2) is 0 Å². The number of allylic oxidation sites excluding steroid dienone is 1. The molecule has 0 aliphatic heterocycles. The van der Waals surface area contributed by atoms with Gasteiger partial charge in [0.1, 0.15) is 0 Å². The van der Waals surface area contributed by atoms with Gasteiger partial charge in [0, 0.05) is 6.61 Å². The molecule has 0 saturated carbocycles. The predicted octanol–water partition coefficient (Wildman–Crippen LogP) is 1.88. The lowest BCUT2D eigenvalue weighted by atomic mass is 10.2. The molecule has 1 nitrogen and oxygen atoms in total. The molecule has 0 radical (unpaired) electrons. The number of aliphatic hydroxyl groups is 1. The fourth-order valence-electron chi connectivity index (χ4n) is 0.637. The van der Waals surface area contributed by atoms with Crippen molar-refractivity contribution >= 4 is 0 Å². The van der Waals surface area contributed by atoms with E-state index in [9.17, 15) is 0 Å². The number of aliphatic hydroxyl groups excluding tert-OH is 1. The van der Waals surface area contributed by atoms with Gasteiger partial charge in [-0.3, -0.25) is 0 Å². The van der Waals surface area contributed by atoms with Crippen LogP contribution in [0.5, 0.6) is 0 Å². The third kappa shape index (κ3) is 7.48. The number of rotatable bonds is 5. The summed E-state index contributed by atoms with van der Waals surface area (Å²) in [5.41, 5.74) is 2.71. The minimum absolute atomic E-state index is 0.317. The third-order valence-electron chi connectivity index (χ3n) is 1.15. The van der Waals surface area contributed by atoms with Gasteiger partial charge in [-0.2, -0.15) is 0 Å². The Bertz CT molecular complexity index is 90.7. The summed E-state index contributed by atoms with van der Waals surface area (Å²) in [6.07, 6.45) is 6.14. The van der Waals surface area contributed by atoms with E-state index in [4.69, 9.17) is 5.11 Å². The van der Waals surface area contributed by atoms with Crippen LogP contribution in [0.1, 0.15) is 25.7 Å². The Labute approximate surface area is 56.7 Å². The minimum Gasteiger partial charge on any atom is -0.396 e. The summed E-state index contributed by atoms with van der Waals surface area (Å²) in [5.74, 6) is 0. The molecule has 0 rings (SSSR count). The quantitative estimate of drug-likeness (QED) is 0.440. The molecular formula is C8H14O. The smallest absolute Gasteiger partial charge is 0.0431 e. The first-order valence-corrected chi connectivity index (χ1v) is 3.37. The fraction of sp³-hybridized carbons (Fsp3) is 0.625. The monoisotopic (exact) mass is 126 g/mol. The molecule has 0 amide bonds. The van der Waals surface area contributed by atoms with Gasteiger partial charge < -0.3 is 5.11 Å². The van der Waals surface area contributed by atoms with E-state index < -0.39 is 0 Å². The lowest BCUT2D eigenvalue weighted by molar-refractivity contribution is 0.283. The summed E-state index contributed by atoms with van der Waals surface area (Å²) in [6, 6.07) is 0. The van der Waals surface area contributed by atoms with Crippen LogP contribution in [0.4, 0.5) is 0 Å². The van der Waals surface area contributed by atoms with Crippen LogP contribution in [-0.2, 0) is 0 Å². The number of hydrogen-bond acceptors (Lipinski definition) is 1. The Kier molecular flexibility index (Phi) is 7.05. The zero-order valence-corrected chi connectivity index (χ0v) is 5.77. The van der Waals surface area contributed by atoms with Gasteiger partial charge in [0.2, 0.25) is 0 Å². The number of unbranched alkanes of at least 4 members (excludes halogenated alkanes) is 3. The van der Waals surface area contributed by atoms with Crippen molar-refractivity contribution in [1.82, 2.24) is 0 Å². The topological polar surface area (TPSA) is 20.2 Å². The largest absolute Gasteiger partial charge is 0.396 e. The van der Waals surface area contributed by atoms with Crippen molar-refractivity contribution in [3.05, 3.63) is 18.4 Å². The molecule has 1 N–H and O–H groups in total. The molecule has 0 aliphatic carbocycles. The summed E-state index contributed by atoms with van der Waals surface area (Å²) in [6.45, 7) is 3.77. The first-order valence-electron chi connectivity index (χ1n) is 3.37. The van der Waals surface area contributed by atoms with Crippen LogP contribution >= 0.6 is 0 Å². The van der Waals surface area contributed by atoms with Crippen molar-refractivity contribution in [3.8, 4) is 0 Å². The Morgan fingerprint density at radius 2 is 2.11 bits per heavy atom. The normalized spacial score (nSPS) is 8.56. The molecule has 0 bridgehead atoms. The van der Waals surface area contributed by atoms with Crippen molar-refractivity contribution < 1.29 is 5.11 Å². The molecule has 0 saturated heterocycles. The van der Waals surface area contributed by atoms with Crippen molar-refractivity contribution in [2.24, 2.45) is 0 Å². The first kappa shape index (κ1) is 8.48. The molecule has 0 aromatic heterocycles. The maximum Gasteiger partial charge on any atom is 0.0431 e. The fourth-order valence-corrected chi connectivity index (χ4v) is 0.637. The molecule has 0 aromatic rings. The molecule has 52 valence electrons. The molecule has 0 heterocycles. The molecule has 0 atom stereocenters. The standard InChI is InChI=1S/C8H14O/c1-2-3-4-5-6-7-8-9/h3,9H,1,4-8H2. The Hall–Kier alpha value is -0.520. The SMILES string of the molecule is C=C=CCCCCCO. The summed E-state index contributed by atoms with van der Waals surface area (Å²) < 4.78 is 0. The van der Waals surface area contributed by atoms with E-state index in [1.165, 1.54) is 0 Å². The highest BCUT2D eigenvalue weighted by Crippen LogP contribution is 1.98. The second-order valence-corrected chi connectivity index (χ2v) is 1.98. The van der Waals surface area contributed by atoms with E-state index in [0.29, 0.717) is 6.61 Å². The Balaban J connectivity index is 2.82. The average molecular weight is 126 g/mol. The van der Waals surface area contributed by atoms with Gasteiger partial charge in [-0.15, -0.1) is 5.73 Å². The highest BCUT2D eigenvalue weighted by Gasteiger charge is 1.82. The summed E-state index contributed by atoms with van der Waals surface area (Å²) >= 11 is 0. The molecule has 0 aromatic carbocycles. The molecule has 0 unspecified atom stereocenters. The third-order valence-corrected chi connectivity index (χ3v) is 1.15. The van der Waals surface area contributed by atoms with Gasteiger partial charge in [0.25, 0.3) is 0 Å². The molecule has 9 heavy (non-hydrogen) atoms. The van der Waals surface area contributed by atoms with Crippen molar-refractivity contribution in [1.29, 1.82) is 0 Å². The van der Waals surface area contributed by atoms with Crippen LogP contribution in [0.2, 0.25) is 0 Å². The second kappa shape index (κ2) is 7.48. The highest BCUT2D eigenvalue weighted by molar-refractivity contribution is 4.74. The molecule has 0 aliphatic rings. The molecule has 0 spiro atoms. The van der Waals surface area contributed by atoms with E-state index in [1.54, 1.807) is 0 Å². The van der Waals surface area contributed by atoms with Crippen molar-refractivity contribution in [2.75, 3.05) is 6.61 Å². The number of hydrogen-bond donors (Lipinski definition) is 1. The van der Waals surface area contributed by atoms with Crippen molar-refractivity contribution in [2.45, 2.75) is 25.7 Å². The van der Waals surface area contributed by atoms with E-state index in [2.05, 4.69) is 12.3 Å². The van der Waals surface area contributed by atoms with E-state index in [-0.39, 0.29) is 0 Å². The van der Waals surface area contributed by atoms with Gasteiger partial charge in [0.15, 0.2) is 0 Å². The maximum atomic E-state index is 8.38. The maximum absolute atomic E-state index is 8.38. The highest BCUT2D eigenvalue weighted by atomic mass is 16.2. The summed E-state index contributed by atoms with van der Waals surface area (Å²) in [4.78, 5) is 0. The van der Waals surface area contributed by atoms with Crippen molar-refractivity contribution in [3.63, 3.8) is 0 Å². The van der Waals surface area contributed by atoms with E-state index in [0.717, 1.165) is 25.7 Å². The van der Waals surface area contributed by atoms with E-state index >= 15 is 0 Å². The van der Waals surface area contributed by atoms with Gasteiger partial charge >= 0.3 is 0 Å². The zero-order valence-electron chi connectivity index (χ0n) is 5.77.